The summed E-state index contributed by atoms with van der Waals surface area (Å²) < 4.78 is 5.26. The Kier molecular flexibility index (Phi) is 3.67. The molecule has 0 amide bonds. The quantitative estimate of drug-likeness (QED) is 0.870. The van der Waals surface area contributed by atoms with Gasteiger partial charge in [0, 0.05) is 29.9 Å². The van der Waals surface area contributed by atoms with Crippen molar-refractivity contribution < 1.29 is 4.74 Å². The molecule has 0 spiro atoms. The van der Waals surface area contributed by atoms with Crippen molar-refractivity contribution in [2.75, 3.05) is 7.11 Å². The molecule has 0 aromatic carbocycles. The van der Waals surface area contributed by atoms with Crippen molar-refractivity contribution in [2.24, 2.45) is 0 Å². The van der Waals surface area contributed by atoms with Gasteiger partial charge in [0.25, 0.3) is 0 Å². The van der Waals surface area contributed by atoms with Crippen LogP contribution in [0.1, 0.15) is 44.0 Å². The van der Waals surface area contributed by atoms with Gasteiger partial charge in [0.15, 0.2) is 0 Å². The minimum Gasteiger partial charge on any atom is -0.497 e. The maximum atomic E-state index is 5.26. The van der Waals surface area contributed by atoms with Crippen LogP contribution in [0.5, 0.6) is 5.75 Å². The smallest absolute Gasteiger partial charge is 0.122 e. The number of ether oxygens (including phenoxy) is 1. The van der Waals surface area contributed by atoms with E-state index < -0.39 is 0 Å². The maximum Gasteiger partial charge on any atom is 0.122 e. The zero-order valence-corrected chi connectivity index (χ0v) is 11.0. The number of hydrogen-bond donors (Lipinski definition) is 1. The Labute approximate surface area is 104 Å². The normalized spacial score (nSPS) is 18.3. The van der Waals surface area contributed by atoms with Gasteiger partial charge in [-0.25, -0.2) is 0 Å². The van der Waals surface area contributed by atoms with Gasteiger partial charge in [-0.3, -0.25) is 4.98 Å². The number of methoxy groups -OCH3 is 1. The van der Waals surface area contributed by atoms with Crippen molar-refractivity contribution >= 4 is 0 Å². The summed E-state index contributed by atoms with van der Waals surface area (Å²) in [6.07, 6.45) is 5.23. The van der Waals surface area contributed by atoms with E-state index in [0.717, 1.165) is 23.7 Å². The highest BCUT2D eigenvalue weighted by atomic mass is 16.5. The van der Waals surface area contributed by atoms with Gasteiger partial charge in [-0.05, 0) is 26.7 Å². The van der Waals surface area contributed by atoms with Crippen LogP contribution in [0.2, 0.25) is 0 Å². The predicted octanol–water partition coefficient (Wildman–Crippen LogP) is 2.82. The van der Waals surface area contributed by atoms with Gasteiger partial charge >= 0.3 is 0 Å². The van der Waals surface area contributed by atoms with Gasteiger partial charge in [0.2, 0.25) is 0 Å². The minimum absolute atomic E-state index is 0.304. The standard InChI is InChI=1S/C14H22N2O/c1-11-8-13(17-3)9-12(16-11)10-15-14(2)6-4-5-7-14/h8-9,15H,4-7,10H2,1-3H3. The van der Waals surface area contributed by atoms with Crippen molar-refractivity contribution in [3.63, 3.8) is 0 Å². The fourth-order valence-electron chi connectivity index (χ4n) is 2.55. The molecule has 1 aromatic heterocycles. The molecule has 0 radical (unpaired) electrons. The Morgan fingerprint density at radius 2 is 2.06 bits per heavy atom. The van der Waals surface area contributed by atoms with E-state index in [2.05, 4.69) is 17.2 Å². The second-order valence-corrected chi connectivity index (χ2v) is 5.26. The predicted molar refractivity (Wildman–Crippen MR) is 69.2 cm³/mol. The highest BCUT2D eigenvalue weighted by molar-refractivity contribution is 5.26. The van der Waals surface area contributed by atoms with E-state index in [1.165, 1.54) is 25.7 Å². The maximum absolute atomic E-state index is 5.26. The molecule has 1 saturated carbocycles. The molecule has 1 aromatic rings. The summed E-state index contributed by atoms with van der Waals surface area (Å²) in [6, 6.07) is 3.97. The van der Waals surface area contributed by atoms with E-state index in [1.807, 2.05) is 19.1 Å². The van der Waals surface area contributed by atoms with E-state index in [-0.39, 0.29) is 0 Å². The minimum atomic E-state index is 0.304. The summed E-state index contributed by atoms with van der Waals surface area (Å²) >= 11 is 0. The number of rotatable bonds is 4. The van der Waals surface area contributed by atoms with Crippen LogP contribution in [0.3, 0.4) is 0 Å². The molecular formula is C14H22N2O. The first-order valence-electron chi connectivity index (χ1n) is 6.38. The first kappa shape index (κ1) is 12.4. The lowest BCUT2D eigenvalue weighted by Gasteiger charge is -2.25. The molecule has 0 unspecified atom stereocenters. The van der Waals surface area contributed by atoms with E-state index in [1.54, 1.807) is 7.11 Å². The first-order valence-corrected chi connectivity index (χ1v) is 6.38. The highest BCUT2D eigenvalue weighted by Gasteiger charge is 2.27. The number of hydrogen-bond acceptors (Lipinski definition) is 3. The van der Waals surface area contributed by atoms with Crippen molar-refractivity contribution in [2.45, 2.75) is 51.6 Å². The number of pyridine rings is 1. The topological polar surface area (TPSA) is 34.1 Å². The molecule has 17 heavy (non-hydrogen) atoms. The summed E-state index contributed by atoms with van der Waals surface area (Å²) in [5.41, 5.74) is 2.38. The molecule has 1 aliphatic carbocycles. The molecule has 94 valence electrons. The van der Waals surface area contributed by atoms with Crippen LogP contribution < -0.4 is 10.1 Å². The highest BCUT2D eigenvalue weighted by Crippen LogP contribution is 2.29. The molecule has 1 aliphatic rings. The Bertz CT molecular complexity index is 384. The molecule has 1 heterocycles. The van der Waals surface area contributed by atoms with Crippen LogP contribution >= 0.6 is 0 Å². The Morgan fingerprint density at radius 3 is 2.71 bits per heavy atom. The van der Waals surface area contributed by atoms with Gasteiger partial charge in [-0.1, -0.05) is 12.8 Å². The molecule has 0 bridgehead atoms. The van der Waals surface area contributed by atoms with Crippen LogP contribution in [0.15, 0.2) is 12.1 Å². The molecule has 0 atom stereocenters. The molecular weight excluding hydrogens is 212 g/mol. The summed E-state index contributed by atoms with van der Waals surface area (Å²) in [4.78, 5) is 4.53. The zero-order chi connectivity index (χ0) is 12.3. The largest absolute Gasteiger partial charge is 0.497 e. The number of aryl methyl sites for hydroxylation is 1. The van der Waals surface area contributed by atoms with E-state index in [9.17, 15) is 0 Å². The van der Waals surface area contributed by atoms with Gasteiger partial charge in [0.1, 0.15) is 5.75 Å². The average Bonchev–Trinajstić information content (AvgIpc) is 2.73. The number of nitrogens with one attached hydrogen (secondary N) is 1. The Morgan fingerprint density at radius 1 is 1.35 bits per heavy atom. The lowest BCUT2D eigenvalue weighted by Crippen LogP contribution is -2.39. The molecule has 0 saturated heterocycles. The van der Waals surface area contributed by atoms with Gasteiger partial charge in [-0.15, -0.1) is 0 Å². The average molecular weight is 234 g/mol. The third-order valence-electron chi connectivity index (χ3n) is 3.62. The van der Waals surface area contributed by atoms with Crippen LogP contribution in [-0.4, -0.2) is 17.6 Å². The molecule has 2 rings (SSSR count). The Hall–Kier alpha value is -1.09. The van der Waals surface area contributed by atoms with E-state index in [0.29, 0.717) is 5.54 Å². The Balaban J connectivity index is 2.00. The van der Waals surface area contributed by atoms with E-state index >= 15 is 0 Å². The lowest BCUT2D eigenvalue weighted by atomic mass is 10.0. The molecule has 1 fully saturated rings. The zero-order valence-electron chi connectivity index (χ0n) is 11.0. The van der Waals surface area contributed by atoms with Gasteiger partial charge < -0.3 is 10.1 Å². The number of nitrogens with zero attached hydrogens (tertiary/aromatic N) is 1. The first-order chi connectivity index (χ1) is 8.11. The summed E-state index contributed by atoms with van der Waals surface area (Å²) in [5, 5.41) is 3.63. The third kappa shape index (κ3) is 3.19. The molecule has 3 nitrogen and oxygen atoms in total. The van der Waals surface area contributed by atoms with Crippen molar-refractivity contribution in [1.82, 2.24) is 10.3 Å². The van der Waals surface area contributed by atoms with Gasteiger partial charge in [0.05, 0.1) is 12.8 Å². The second-order valence-electron chi connectivity index (χ2n) is 5.26. The van der Waals surface area contributed by atoms with Crippen LogP contribution in [-0.2, 0) is 6.54 Å². The fraction of sp³-hybridized carbons (Fsp3) is 0.643. The third-order valence-corrected chi connectivity index (χ3v) is 3.62. The summed E-state index contributed by atoms with van der Waals surface area (Å²) in [7, 11) is 1.70. The monoisotopic (exact) mass is 234 g/mol. The van der Waals surface area contributed by atoms with E-state index in [4.69, 9.17) is 4.74 Å². The second kappa shape index (κ2) is 5.05. The van der Waals surface area contributed by atoms with Gasteiger partial charge in [-0.2, -0.15) is 0 Å². The van der Waals surface area contributed by atoms with Crippen LogP contribution in [0.4, 0.5) is 0 Å². The summed E-state index contributed by atoms with van der Waals surface area (Å²) in [6.45, 7) is 5.14. The van der Waals surface area contributed by atoms with Crippen LogP contribution in [0, 0.1) is 6.92 Å². The van der Waals surface area contributed by atoms with Crippen LogP contribution in [0.25, 0.3) is 0 Å². The molecule has 0 aliphatic heterocycles. The van der Waals surface area contributed by atoms with Crippen molar-refractivity contribution in [3.8, 4) is 5.75 Å². The summed E-state index contributed by atoms with van der Waals surface area (Å²) in [5.74, 6) is 0.894. The molecule has 1 N–H and O–H groups in total. The fourth-order valence-corrected chi connectivity index (χ4v) is 2.55. The lowest BCUT2D eigenvalue weighted by molar-refractivity contribution is 0.359. The van der Waals surface area contributed by atoms with Crippen molar-refractivity contribution in [3.05, 3.63) is 23.5 Å². The SMILES string of the molecule is COc1cc(C)nc(CNC2(C)CCCC2)c1. The van der Waals surface area contributed by atoms with Crippen molar-refractivity contribution in [1.29, 1.82) is 0 Å². The molecule has 3 heteroatoms. The number of aromatic nitrogens is 1.